The van der Waals surface area contributed by atoms with Crippen LogP contribution in [-0.2, 0) is 4.79 Å². The highest BCUT2D eigenvalue weighted by Gasteiger charge is 2.14. The van der Waals surface area contributed by atoms with Gasteiger partial charge in [0.05, 0.1) is 10.2 Å². The molecule has 1 aromatic heterocycles. The zero-order valence-electron chi connectivity index (χ0n) is 13.0. The molecule has 3 N–H and O–H groups in total. The first kappa shape index (κ1) is 17.1. The Kier molecular flexibility index (Phi) is 4.59. The summed E-state index contributed by atoms with van der Waals surface area (Å²) in [5.74, 6) is -1.95. The summed E-state index contributed by atoms with van der Waals surface area (Å²) >= 11 is 1.26. The Hall–Kier alpha value is -3.77. The van der Waals surface area contributed by atoms with Crippen molar-refractivity contribution in [2.75, 3.05) is 5.32 Å². The molecule has 0 unspecified atom stereocenters. The van der Waals surface area contributed by atoms with Crippen molar-refractivity contribution in [3.8, 4) is 17.6 Å². The fourth-order valence-electron chi connectivity index (χ4n) is 2.18. The highest BCUT2D eigenvalue weighted by molar-refractivity contribution is 7.22. The molecular weight excluding hydrogens is 356 g/mol. The van der Waals surface area contributed by atoms with E-state index in [0.717, 1.165) is 28.4 Å². The molecule has 128 valence electrons. The number of hydrogen-bond acceptors (Lipinski definition) is 8. The molecule has 0 atom stereocenters. The molecular formula is C17H10N4O4S. The SMILES string of the molecule is N#C/C(=C\c1cc(O)c(O)c(N=O)c1)C(=O)Nc1nc2ccccc2s1. The van der Waals surface area contributed by atoms with Crippen molar-refractivity contribution in [2.24, 2.45) is 5.18 Å². The molecule has 3 rings (SSSR count). The second-order valence-electron chi connectivity index (χ2n) is 5.11. The van der Waals surface area contributed by atoms with Crippen molar-refractivity contribution >= 4 is 44.4 Å². The summed E-state index contributed by atoms with van der Waals surface area (Å²) in [6, 6.07) is 11.3. The van der Waals surface area contributed by atoms with E-state index in [2.05, 4.69) is 15.5 Å². The predicted molar refractivity (Wildman–Crippen MR) is 97.1 cm³/mol. The van der Waals surface area contributed by atoms with E-state index in [1.807, 2.05) is 18.2 Å². The van der Waals surface area contributed by atoms with Crippen molar-refractivity contribution in [3.05, 3.63) is 52.4 Å². The summed E-state index contributed by atoms with van der Waals surface area (Å²) in [6.07, 6.45) is 1.16. The number of phenols is 2. The average Bonchev–Trinajstić information content (AvgIpc) is 3.04. The molecule has 26 heavy (non-hydrogen) atoms. The number of thiazole rings is 1. The third-order valence-electron chi connectivity index (χ3n) is 3.38. The van der Waals surface area contributed by atoms with Gasteiger partial charge in [0.15, 0.2) is 22.3 Å². The van der Waals surface area contributed by atoms with Gasteiger partial charge < -0.3 is 10.2 Å². The van der Waals surface area contributed by atoms with Crippen molar-refractivity contribution in [3.63, 3.8) is 0 Å². The molecule has 9 heteroatoms. The maximum Gasteiger partial charge on any atom is 0.268 e. The molecule has 0 saturated heterocycles. The number of hydrogen-bond donors (Lipinski definition) is 3. The third-order valence-corrected chi connectivity index (χ3v) is 4.33. The topological polar surface area (TPSA) is 136 Å². The lowest BCUT2D eigenvalue weighted by atomic mass is 10.1. The number of benzene rings is 2. The lowest BCUT2D eigenvalue weighted by Gasteiger charge is -2.03. The second-order valence-corrected chi connectivity index (χ2v) is 6.14. The lowest BCUT2D eigenvalue weighted by molar-refractivity contribution is -0.112. The van der Waals surface area contributed by atoms with Crippen LogP contribution in [0.3, 0.4) is 0 Å². The summed E-state index contributed by atoms with van der Waals surface area (Å²) < 4.78 is 0.885. The summed E-state index contributed by atoms with van der Waals surface area (Å²) in [7, 11) is 0. The normalized spacial score (nSPS) is 11.1. The fourth-order valence-corrected chi connectivity index (χ4v) is 3.04. The van der Waals surface area contributed by atoms with Gasteiger partial charge in [0.1, 0.15) is 11.6 Å². The van der Waals surface area contributed by atoms with Gasteiger partial charge in [-0.2, -0.15) is 5.26 Å². The number of aromatic hydroxyl groups is 2. The first-order chi connectivity index (χ1) is 12.5. The van der Waals surface area contributed by atoms with Crippen LogP contribution in [-0.4, -0.2) is 21.1 Å². The standard InChI is InChI=1S/C17H10N4O4S/c18-8-10(5-9-6-12(21-25)15(23)13(22)7-9)16(24)20-17-19-11-3-1-2-4-14(11)26-17/h1-7,22-23H,(H,19,20,24)/b10-5+. The molecule has 0 aliphatic rings. The molecule has 0 bridgehead atoms. The summed E-state index contributed by atoms with van der Waals surface area (Å²) in [6.45, 7) is 0. The average molecular weight is 366 g/mol. The molecule has 1 amide bonds. The monoisotopic (exact) mass is 366 g/mol. The lowest BCUT2D eigenvalue weighted by Crippen LogP contribution is -2.13. The number of carbonyl (C=O) groups excluding carboxylic acids is 1. The van der Waals surface area contributed by atoms with Crippen LogP contribution in [0.4, 0.5) is 10.8 Å². The minimum atomic E-state index is -0.695. The van der Waals surface area contributed by atoms with E-state index >= 15 is 0 Å². The first-order valence-corrected chi connectivity index (χ1v) is 8.01. The Morgan fingerprint density at radius 3 is 2.77 bits per heavy atom. The summed E-state index contributed by atoms with van der Waals surface area (Å²) in [5, 5.41) is 33.7. The Bertz CT molecular complexity index is 1060. The third kappa shape index (κ3) is 3.35. The van der Waals surface area contributed by atoms with Crippen LogP contribution < -0.4 is 5.32 Å². The zero-order valence-corrected chi connectivity index (χ0v) is 13.8. The molecule has 0 spiro atoms. The summed E-state index contributed by atoms with van der Waals surface area (Å²) in [4.78, 5) is 27.2. The van der Waals surface area contributed by atoms with Crippen LogP contribution >= 0.6 is 11.3 Å². The van der Waals surface area contributed by atoms with Crippen LogP contribution in [0.5, 0.6) is 11.5 Å². The van der Waals surface area contributed by atoms with Gasteiger partial charge in [0, 0.05) is 0 Å². The number of phenolic OH excluding ortho intramolecular Hbond substituents is 2. The molecule has 2 aromatic carbocycles. The van der Waals surface area contributed by atoms with Crippen LogP contribution in [0.25, 0.3) is 16.3 Å². The van der Waals surface area contributed by atoms with E-state index < -0.39 is 23.1 Å². The number of nitrogens with zero attached hydrogens (tertiary/aromatic N) is 3. The second kappa shape index (κ2) is 7.00. The maximum atomic E-state index is 12.3. The van der Waals surface area contributed by atoms with E-state index in [0.29, 0.717) is 5.13 Å². The van der Waals surface area contributed by atoms with Crippen LogP contribution in [0, 0.1) is 16.2 Å². The number of nitrogens with one attached hydrogen (secondary N) is 1. The largest absolute Gasteiger partial charge is 0.504 e. The number of para-hydroxylation sites is 1. The van der Waals surface area contributed by atoms with E-state index in [9.17, 15) is 25.2 Å². The van der Waals surface area contributed by atoms with Gasteiger partial charge >= 0.3 is 0 Å². The van der Waals surface area contributed by atoms with E-state index in [1.165, 1.54) is 11.3 Å². The fraction of sp³-hybridized carbons (Fsp3) is 0. The van der Waals surface area contributed by atoms with Crippen LogP contribution in [0.2, 0.25) is 0 Å². The minimum absolute atomic E-state index is 0.158. The van der Waals surface area contributed by atoms with E-state index in [1.54, 1.807) is 12.1 Å². The molecule has 0 aliphatic heterocycles. The first-order valence-electron chi connectivity index (χ1n) is 7.20. The highest BCUT2D eigenvalue weighted by atomic mass is 32.1. The van der Waals surface area contributed by atoms with Gasteiger partial charge in [-0.1, -0.05) is 23.5 Å². The predicted octanol–water partition coefficient (Wildman–Crippen LogP) is 3.65. The Morgan fingerprint density at radius 2 is 2.08 bits per heavy atom. The smallest absolute Gasteiger partial charge is 0.268 e. The number of nitroso groups, excluding NO2 is 1. The Balaban J connectivity index is 1.89. The number of rotatable bonds is 4. The van der Waals surface area contributed by atoms with E-state index in [4.69, 9.17) is 0 Å². The zero-order chi connectivity index (χ0) is 18.7. The molecule has 0 aliphatic carbocycles. The van der Waals surface area contributed by atoms with Gasteiger partial charge in [-0.05, 0) is 41.1 Å². The quantitative estimate of drug-likeness (QED) is 0.279. The molecule has 1 heterocycles. The molecule has 0 fully saturated rings. The van der Waals surface area contributed by atoms with Crippen molar-refractivity contribution in [2.45, 2.75) is 0 Å². The van der Waals surface area contributed by atoms with Gasteiger partial charge in [0.25, 0.3) is 5.91 Å². The minimum Gasteiger partial charge on any atom is -0.504 e. The van der Waals surface area contributed by atoms with Gasteiger partial charge in [-0.15, -0.1) is 4.91 Å². The van der Waals surface area contributed by atoms with Crippen molar-refractivity contribution in [1.82, 2.24) is 4.98 Å². The summed E-state index contributed by atoms with van der Waals surface area (Å²) in [5.41, 5.74) is 0.206. The molecule has 3 aromatic rings. The molecule has 0 radical (unpaired) electrons. The molecule has 8 nitrogen and oxygen atoms in total. The number of nitriles is 1. The van der Waals surface area contributed by atoms with Crippen LogP contribution in [0.1, 0.15) is 5.56 Å². The van der Waals surface area contributed by atoms with Crippen molar-refractivity contribution in [1.29, 1.82) is 5.26 Å². The number of carbonyl (C=O) groups is 1. The molecule has 0 saturated carbocycles. The van der Waals surface area contributed by atoms with E-state index in [-0.39, 0.29) is 11.1 Å². The Labute approximate surface area is 150 Å². The number of fused-ring (bicyclic) bond motifs is 1. The van der Waals surface area contributed by atoms with Gasteiger partial charge in [-0.25, -0.2) is 4.98 Å². The highest BCUT2D eigenvalue weighted by Crippen LogP contribution is 2.37. The number of anilines is 1. The Morgan fingerprint density at radius 1 is 1.31 bits per heavy atom. The maximum absolute atomic E-state index is 12.3. The van der Waals surface area contributed by atoms with Crippen LogP contribution in [0.15, 0.2) is 47.1 Å². The van der Waals surface area contributed by atoms with Gasteiger partial charge in [-0.3, -0.25) is 10.1 Å². The van der Waals surface area contributed by atoms with Crippen molar-refractivity contribution < 1.29 is 15.0 Å². The van der Waals surface area contributed by atoms with Gasteiger partial charge in [0.2, 0.25) is 0 Å². The number of aromatic nitrogens is 1. The number of amides is 1.